The highest BCUT2D eigenvalue weighted by molar-refractivity contribution is 5.86. The highest BCUT2D eigenvalue weighted by Crippen LogP contribution is 2.37. The van der Waals surface area contributed by atoms with E-state index in [2.05, 4.69) is 77.3 Å². The molecule has 0 N–H and O–H groups in total. The SMILES string of the molecule is c1ccc(-c2nc(-c3ccccc3)nc(-c3cc(-c4cccc(-c5nc6ccccn6c5-c5ccccc5)c4)cc(-c4ccccn4)c3)n2)cc1. The molecule has 6 heteroatoms. The quantitative estimate of drug-likeness (QED) is 0.171. The van der Waals surface area contributed by atoms with Crippen LogP contribution >= 0.6 is 0 Å². The lowest BCUT2D eigenvalue weighted by molar-refractivity contribution is 1.07. The lowest BCUT2D eigenvalue weighted by Crippen LogP contribution is -2.00. The monoisotopic (exact) mass is 654 g/mol. The molecule has 240 valence electrons. The van der Waals surface area contributed by atoms with E-state index in [0.717, 1.165) is 67.2 Å². The van der Waals surface area contributed by atoms with Gasteiger partial charge >= 0.3 is 0 Å². The molecule has 0 spiro atoms. The van der Waals surface area contributed by atoms with E-state index in [0.29, 0.717) is 17.5 Å². The maximum Gasteiger partial charge on any atom is 0.164 e. The molecule has 0 saturated carbocycles. The zero-order valence-corrected chi connectivity index (χ0v) is 27.5. The van der Waals surface area contributed by atoms with Gasteiger partial charge < -0.3 is 0 Å². The summed E-state index contributed by atoms with van der Waals surface area (Å²) in [7, 11) is 0. The maximum absolute atomic E-state index is 5.13. The third kappa shape index (κ3) is 5.96. The number of imidazole rings is 1. The largest absolute Gasteiger partial charge is 0.299 e. The standard InChI is InChI=1S/C45H30N6/c1-4-15-31(16-5-1)42-41(47-40-24-11-13-26-51(40)42)35-22-14-21-34(27-35)36-28-37(39-23-10-12-25-46-39)30-38(29-36)45-49-43(32-17-6-2-7-18-32)48-44(50-45)33-19-8-3-9-20-33/h1-30H. The van der Waals surface area contributed by atoms with Crippen molar-refractivity contribution in [2.45, 2.75) is 0 Å². The molecule has 0 aliphatic carbocycles. The number of fused-ring (bicyclic) bond motifs is 1. The number of benzene rings is 5. The van der Waals surface area contributed by atoms with Gasteiger partial charge in [-0.1, -0.05) is 121 Å². The molecule has 0 atom stereocenters. The number of aromatic nitrogens is 6. The molecule has 4 aromatic heterocycles. The van der Waals surface area contributed by atoms with Gasteiger partial charge in [0.15, 0.2) is 17.5 Å². The summed E-state index contributed by atoms with van der Waals surface area (Å²) >= 11 is 0. The zero-order valence-electron chi connectivity index (χ0n) is 27.5. The van der Waals surface area contributed by atoms with Gasteiger partial charge in [-0.05, 0) is 59.7 Å². The van der Waals surface area contributed by atoms with Crippen LogP contribution in [0.1, 0.15) is 0 Å². The Kier molecular flexibility index (Phi) is 7.72. The molecule has 0 aliphatic rings. The van der Waals surface area contributed by atoms with E-state index in [-0.39, 0.29) is 0 Å². The lowest BCUT2D eigenvalue weighted by atomic mass is 9.95. The van der Waals surface area contributed by atoms with Gasteiger partial charge in [-0.25, -0.2) is 19.9 Å². The molecule has 0 unspecified atom stereocenters. The molecule has 0 bridgehead atoms. The summed E-state index contributed by atoms with van der Waals surface area (Å²) in [4.78, 5) is 24.9. The van der Waals surface area contributed by atoms with Crippen LogP contribution in [-0.2, 0) is 0 Å². The summed E-state index contributed by atoms with van der Waals surface area (Å²) in [5.41, 5.74) is 11.6. The van der Waals surface area contributed by atoms with Crippen LogP contribution in [0.3, 0.4) is 0 Å². The second kappa shape index (κ2) is 13.1. The second-order valence-electron chi connectivity index (χ2n) is 12.2. The molecule has 51 heavy (non-hydrogen) atoms. The zero-order chi connectivity index (χ0) is 34.0. The van der Waals surface area contributed by atoms with Crippen LogP contribution in [0.25, 0.3) is 84.7 Å². The van der Waals surface area contributed by atoms with Gasteiger partial charge in [-0.3, -0.25) is 9.38 Å². The molecule has 0 aliphatic heterocycles. The van der Waals surface area contributed by atoms with E-state index in [1.54, 1.807) is 0 Å². The van der Waals surface area contributed by atoms with Gasteiger partial charge in [-0.2, -0.15) is 0 Å². The van der Waals surface area contributed by atoms with Gasteiger partial charge in [0.2, 0.25) is 0 Å². The minimum absolute atomic E-state index is 0.588. The fourth-order valence-corrected chi connectivity index (χ4v) is 6.46. The predicted molar refractivity (Wildman–Crippen MR) is 204 cm³/mol. The lowest BCUT2D eigenvalue weighted by Gasteiger charge is -2.13. The highest BCUT2D eigenvalue weighted by atomic mass is 15.0. The molecule has 9 aromatic rings. The predicted octanol–water partition coefficient (Wildman–Crippen LogP) is 10.6. The van der Waals surface area contributed by atoms with Crippen molar-refractivity contribution >= 4 is 5.65 Å². The first kappa shape index (κ1) is 30.0. The van der Waals surface area contributed by atoms with Crippen LogP contribution < -0.4 is 0 Å². The average molecular weight is 655 g/mol. The van der Waals surface area contributed by atoms with Crippen molar-refractivity contribution in [1.29, 1.82) is 0 Å². The Hall–Kier alpha value is -7.05. The van der Waals surface area contributed by atoms with Crippen LogP contribution in [0.2, 0.25) is 0 Å². The molecule has 5 aromatic carbocycles. The Balaban J connectivity index is 1.23. The Bertz CT molecular complexity index is 2560. The smallest absolute Gasteiger partial charge is 0.164 e. The van der Waals surface area contributed by atoms with E-state index in [4.69, 9.17) is 24.9 Å². The van der Waals surface area contributed by atoms with Crippen molar-refractivity contribution in [3.05, 3.63) is 182 Å². The minimum atomic E-state index is 0.588. The summed E-state index contributed by atoms with van der Waals surface area (Å²) in [5.74, 6) is 1.82. The van der Waals surface area contributed by atoms with Gasteiger partial charge in [0.1, 0.15) is 5.65 Å². The summed E-state index contributed by atoms with van der Waals surface area (Å²) in [6, 6.07) is 57.7. The normalized spacial score (nSPS) is 11.1. The third-order valence-corrected chi connectivity index (χ3v) is 8.90. The van der Waals surface area contributed by atoms with Crippen molar-refractivity contribution in [2.24, 2.45) is 0 Å². The van der Waals surface area contributed by atoms with Crippen LogP contribution in [0.5, 0.6) is 0 Å². The average Bonchev–Trinajstić information content (AvgIpc) is 3.62. The van der Waals surface area contributed by atoms with Crippen molar-refractivity contribution in [3.8, 4) is 79.1 Å². The van der Waals surface area contributed by atoms with Crippen molar-refractivity contribution < 1.29 is 0 Å². The Labute approximate surface area is 295 Å². The molecule has 4 heterocycles. The van der Waals surface area contributed by atoms with Gasteiger partial charge in [0.25, 0.3) is 0 Å². The summed E-state index contributed by atoms with van der Waals surface area (Å²) < 4.78 is 2.16. The second-order valence-corrected chi connectivity index (χ2v) is 12.2. The fourth-order valence-electron chi connectivity index (χ4n) is 6.46. The van der Waals surface area contributed by atoms with Gasteiger partial charge in [0.05, 0.1) is 17.1 Å². The number of nitrogens with zero attached hydrogens (tertiary/aromatic N) is 6. The maximum atomic E-state index is 5.13. The number of pyridine rings is 2. The third-order valence-electron chi connectivity index (χ3n) is 8.90. The van der Waals surface area contributed by atoms with Crippen molar-refractivity contribution in [2.75, 3.05) is 0 Å². The first-order valence-electron chi connectivity index (χ1n) is 16.8. The van der Waals surface area contributed by atoms with Gasteiger partial charge in [-0.15, -0.1) is 0 Å². The van der Waals surface area contributed by atoms with Crippen molar-refractivity contribution in [3.63, 3.8) is 0 Å². The topological polar surface area (TPSA) is 68.9 Å². The number of hydrogen-bond donors (Lipinski definition) is 0. The van der Waals surface area contributed by atoms with Gasteiger partial charge in [0, 0.05) is 45.8 Å². The van der Waals surface area contributed by atoms with Crippen molar-refractivity contribution in [1.82, 2.24) is 29.3 Å². The van der Waals surface area contributed by atoms with Crippen LogP contribution in [0, 0.1) is 0 Å². The van der Waals surface area contributed by atoms with Crippen LogP contribution in [-0.4, -0.2) is 29.3 Å². The molecule has 0 amide bonds. The molecular formula is C45H30N6. The highest BCUT2D eigenvalue weighted by Gasteiger charge is 2.18. The van der Waals surface area contributed by atoms with E-state index in [9.17, 15) is 0 Å². The minimum Gasteiger partial charge on any atom is -0.299 e. The summed E-state index contributed by atoms with van der Waals surface area (Å²) in [6.07, 6.45) is 3.89. The number of rotatable bonds is 7. The van der Waals surface area contributed by atoms with Crippen LogP contribution in [0.4, 0.5) is 0 Å². The van der Waals surface area contributed by atoms with E-state index < -0.39 is 0 Å². The Morgan fingerprint density at radius 3 is 1.55 bits per heavy atom. The molecule has 9 rings (SSSR count). The Morgan fingerprint density at radius 2 is 0.882 bits per heavy atom. The van der Waals surface area contributed by atoms with E-state index in [1.807, 2.05) is 109 Å². The molecule has 0 saturated heterocycles. The Morgan fingerprint density at radius 1 is 0.353 bits per heavy atom. The fraction of sp³-hybridized carbons (Fsp3) is 0. The molecular weight excluding hydrogens is 625 g/mol. The number of hydrogen-bond acceptors (Lipinski definition) is 5. The molecule has 6 nitrogen and oxygen atoms in total. The van der Waals surface area contributed by atoms with Crippen LogP contribution in [0.15, 0.2) is 182 Å². The summed E-state index contributed by atoms with van der Waals surface area (Å²) in [5, 5.41) is 0. The molecule has 0 fully saturated rings. The van der Waals surface area contributed by atoms with E-state index >= 15 is 0 Å². The van der Waals surface area contributed by atoms with E-state index in [1.165, 1.54) is 0 Å². The summed E-state index contributed by atoms with van der Waals surface area (Å²) in [6.45, 7) is 0. The molecule has 0 radical (unpaired) electrons. The first-order valence-corrected chi connectivity index (χ1v) is 16.8. The first-order chi connectivity index (χ1) is 25.3.